The van der Waals surface area contributed by atoms with E-state index in [1.807, 2.05) is 19.1 Å². The number of thioether (sulfide) groups is 1. The van der Waals surface area contributed by atoms with Crippen LogP contribution in [0, 0.1) is 0 Å². The molecule has 1 aromatic rings. The summed E-state index contributed by atoms with van der Waals surface area (Å²) in [5, 5.41) is 0. The molecule has 2 rings (SSSR count). The molecule has 1 aromatic carbocycles. The highest BCUT2D eigenvalue weighted by atomic mass is 32.2. The molecule has 0 unspecified atom stereocenters. The third kappa shape index (κ3) is 2.75. The van der Waals surface area contributed by atoms with Crippen molar-refractivity contribution in [2.45, 2.75) is 25.2 Å². The highest BCUT2D eigenvalue weighted by Crippen LogP contribution is 2.38. The standard InChI is InChI=1S/C13H16O3S/c1-3-4-15-11-8-12-13(17-6-5-16-12)7-10(11)9(2)14/h7-8H,3-6H2,1-2H3. The van der Waals surface area contributed by atoms with Gasteiger partial charge in [-0.2, -0.15) is 0 Å². The fraction of sp³-hybridized carbons (Fsp3) is 0.462. The number of fused-ring (bicyclic) bond motifs is 1. The average Bonchev–Trinajstić information content (AvgIpc) is 2.35. The van der Waals surface area contributed by atoms with Gasteiger partial charge in [0.1, 0.15) is 11.5 Å². The molecule has 0 aliphatic carbocycles. The fourth-order valence-electron chi connectivity index (χ4n) is 1.68. The fourth-order valence-corrected chi connectivity index (χ4v) is 2.52. The van der Waals surface area contributed by atoms with Crippen LogP contribution in [0.5, 0.6) is 11.5 Å². The Morgan fingerprint density at radius 3 is 3.06 bits per heavy atom. The van der Waals surface area contributed by atoms with Crippen LogP contribution in [-0.4, -0.2) is 24.7 Å². The third-order valence-corrected chi connectivity index (χ3v) is 3.49. The minimum atomic E-state index is 0.0325. The van der Waals surface area contributed by atoms with E-state index in [4.69, 9.17) is 9.47 Å². The summed E-state index contributed by atoms with van der Waals surface area (Å²) < 4.78 is 11.2. The minimum Gasteiger partial charge on any atom is -0.493 e. The van der Waals surface area contributed by atoms with Crippen molar-refractivity contribution < 1.29 is 14.3 Å². The van der Waals surface area contributed by atoms with E-state index in [0.29, 0.717) is 24.5 Å². The number of ether oxygens (including phenoxy) is 2. The van der Waals surface area contributed by atoms with Gasteiger partial charge in [-0.15, -0.1) is 11.8 Å². The topological polar surface area (TPSA) is 35.5 Å². The van der Waals surface area contributed by atoms with Crippen LogP contribution in [0.2, 0.25) is 0 Å². The largest absolute Gasteiger partial charge is 0.493 e. The lowest BCUT2D eigenvalue weighted by molar-refractivity contribution is 0.101. The van der Waals surface area contributed by atoms with Gasteiger partial charge in [0.2, 0.25) is 0 Å². The Morgan fingerprint density at radius 2 is 2.35 bits per heavy atom. The maximum absolute atomic E-state index is 11.6. The predicted molar refractivity (Wildman–Crippen MR) is 68.5 cm³/mol. The summed E-state index contributed by atoms with van der Waals surface area (Å²) in [5.41, 5.74) is 0.648. The molecule has 0 aromatic heterocycles. The van der Waals surface area contributed by atoms with E-state index >= 15 is 0 Å². The van der Waals surface area contributed by atoms with Crippen molar-refractivity contribution in [1.29, 1.82) is 0 Å². The Bertz CT molecular complexity index is 429. The summed E-state index contributed by atoms with van der Waals surface area (Å²) in [6.07, 6.45) is 0.921. The van der Waals surface area contributed by atoms with E-state index in [2.05, 4.69) is 0 Å². The molecule has 4 heteroatoms. The van der Waals surface area contributed by atoms with E-state index in [-0.39, 0.29) is 5.78 Å². The molecule has 0 N–H and O–H groups in total. The second-order valence-electron chi connectivity index (χ2n) is 3.90. The lowest BCUT2D eigenvalue weighted by Gasteiger charge is -2.19. The molecule has 0 radical (unpaired) electrons. The molecule has 0 saturated heterocycles. The lowest BCUT2D eigenvalue weighted by Crippen LogP contribution is -2.09. The van der Waals surface area contributed by atoms with Crippen LogP contribution in [0.15, 0.2) is 17.0 Å². The molecule has 0 spiro atoms. The molecular weight excluding hydrogens is 236 g/mol. The Balaban J connectivity index is 2.37. The van der Waals surface area contributed by atoms with Gasteiger partial charge in [-0.1, -0.05) is 6.92 Å². The quantitative estimate of drug-likeness (QED) is 0.771. The van der Waals surface area contributed by atoms with Gasteiger partial charge >= 0.3 is 0 Å². The first-order valence-corrected chi connectivity index (χ1v) is 6.78. The molecule has 0 amide bonds. The molecule has 92 valence electrons. The van der Waals surface area contributed by atoms with Gasteiger partial charge < -0.3 is 9.47 Å². The Labute approximate surface area is 105 Å². The smallest absolute Gasteiger partial charge is 0.163 e. The van der Waals surface area contributed by atoms with E-state index in [1.54, 1.807) is 18.7 Å². The van der Waals surface area contributed by atoms with Gasteiger partial charge in [-0.3, -0.25) is 4.79 Å². The number of Topliss-reactive ketones (excluding diaryl/α,β-unsaturated/α-hetero) is 1. The number of rotatable bonds is 4. The summed E-state index contributed by atoms with van der Waals surface area (Å²) in [4.78, 5) is 12.6. The van der Waals surface area contributed by atoms with Crippen LogP contribution in [0.3, 0.4) is 0 Å². The van der Waals surface area contributed by atoms with Gasteiger partial charge in [0.15, 0.2) is 5.78 Å². The molecule has 1 aliphatic rings. The summed E-state index contributed by atoms with van der Waals surface area (Å²) in [6, 6.07) is 3.72. The Hall–Kier alpha value is -1.16. The molecular formula is C13H16O3S. The van der Waals surface area contributed by atoms with Crippen LogP contribution in [0.1, 0.15) is 30.6 Å². The third-order valence-electron chi connectivity index (χ3n) is 2.49. The van der Waals surface area contributed by atoms with E-state index in [1.165, 1.54) is 0 Å². The van der Waals surface area contributed by atoms with Crippen molar-refractivity contribution in [3.8, 4) is 11.5 Å². The van der Waals surface area contributed by atoms with Crippen LogP contribution >= 0.6 is 11.8 Å². The van der Waals surface area contributed by atoms with Gasteiger partial charge in [0, 0.05) is 11.8 Å². The second-order valence-corrected chi connectivity index (χ2v) is 5.03. The monoisotopic (exact) mass is 252 g/mol. The van der Waals surface area contributed by atoms with Crippen molar-refractivity contribution >= 4 is 17.5 Å². The Kier molecular flexibility index (Phi) is 3.94. The Morgan fingerprint density at radius 1 is 1.53 bits per heavy atom. The zero-order chi connectivity index (χ0) is 12.3. The van der Waals surface area contributed by atoms with Crippen LogP contribution in [0.25, 0.3) is 0 Å². The van der Waals surface area contributed by atoms with Crippen LogP contribution < -0.4 is 9.47 Å². The zero-order valence-electron chi connectivity index (χ0n) is 10.1. The van der Waals surface area contributed by atoms with Crippen molar-refractivity contribution in [2.75, 3.05) is 19.0 Å². The van der Waals surface area contributed by atoms with Crippen LogP contribution in [-0.2, 0) is 0 Å². The normalized spacial score (nSPS) is 13.8. The highest BCUT2D eigenvalue weighted by molar-refractivity contribution is 7.99. The molecule has 0 fully saturated rings. The molecule has 17 heavy (non-hydrogen) atoms. The van der Waals surface area contributed by atoms with Gasteiger partial charge in [-0.05, 0) is 19.4 Å². The van der Waals surface area contributed by atoms with Crippen molar-refractivity contribution in [2.24, 2.45) is 0 Å². The van der Waals surface area contributed by atoms with Crippen molar-refractivity contribution in [3.63, 3.8) is 0 Å². The first kappa shape index (κ1) is 12.3. The highest BCUT2D eigenvalue weighted by Gasteiger charge is 2.18. The van der Waals surface area contributed by atoms with Crippen molar-refractivity contribution in [3.05, 3.63) is 17.7 Å². The number of benzene rings is 1. The predicted octanol–water partition coefficient (Wildman–Crippen LogP) is 3.16. The zero-order valence-corrected chi connectivity index (χ0v) is 10.9. The summed E-state index contributed by atoms with van der Waals surface area (Å²) in [5.74, 6) is 2.43. The molecule has 3 nitrogen and oxygen atoms in total. The first-order valence-electron chi connectivity index (χ1n) is 5.79. The van der Waals surface area contributed by atoms with E-state index in [0.717, 1.165) is 22.8 Å². The number of ketones is 1. The average molecular weight is 252 g/mol. The number of carbonyl (C=O) groups excluding carboxylic acids is 1. The lowest BCUT2D eigenvalue weighted by atomic mass is 10.1. The second kappa shape index (κ2) is 5.45. The molecule has 1 aliphatic heterocycles. The summed E-state index contributed by atoms with van der Waals surface area (Å²) in [7, 11) is 0. The maximum atomic E-state index is 11.6. The number of hydrogen-bond donors (Lipinski definition) is 0. The van der Waals surface area contributed by atoms with Gasteiger partial charge in [-0.25, -0.2) is 0 Å². The molecule has 1 heterocycles. The number of carbonyl (C=O) groups is 1. The molecule has 0 bridgehead atoms. The SMILES string of the molecule is CCCOc1cc2c(cc1C(C)=O)SCCO2. The van der Waals surface area contributed by atoms with Crippen LogP contribution in [0.4, 0.5) is 0 Å². The van der Waals surface area contributed by atoms with Crippen molar-refractivity contribution in [1.82, 2.24) is 0 Å². The summed E-state index contributed by atoms with van der Waals surface area (Å²) in [6.45, 7) is 4.93. The van der Waals surface area contributed by atoms with E-state index < -0.39 is 0 Å². The minimum absolute atomic E-state index is 0.0325. The summed E-state index contributed by atoms with van der Waals surface area (Å²) >= 11 is 1.72. The maximum Gasteiger partial charge on any atom is 0.163 e. The van der Waals surface area contributed by atoms with Gasteiger partial charge in [0.25, 0.3) is 0 Å². The van der Waals surface area contributed by atoms with E-state index in [9.17, 15) is 4.79 Å². The van der Waals surface area contributed by atoms with Gasteiger partial charge in [0.05, 0.1) is 23.7 Å². The number of hydrogen-bond acceptors (Lipinski definition) is 4. The molecule has 0 saturated carbocycles. The molecule has 0 atom stereocenters. The first-order chi connectivity index (χ1) is 8.22.